The van der Waals surface area contributed by atoms with Crippen molar-refractivity contribution < 1.29 is 23.1 Å². The minimum Gasteiger partial charge on any atom is -0.480 e. The average molecular weight is 377 g/mol. The number of unbranched alkanes of at least 4 members (excludes halogenated alkanes) is 1. The van der Waals surface area contributed by atoms with Crippen LogP contribution in [0.25, 0.3) is 0 Å². The smallest absolute Gasteiger partial charge is 0.326 e. The minimum atomic E-state index is -3.91. The molecule has 1 unspecified atom stereocenters. The van der Waals surface area contributed by atoms with Crippen LogP contribution in [0.2, 0.25) is 5.02 Å². The zero-order valence-corrected chi connectivity index (χ0v) is 15.0. The lowest BCUT2D eigenvalue weighted by molar-refractivity contribution is -0.142. The number of hydrogen-bond donors (Lipinski definition) is 3. The van der Waals surface area contributed by atoms with Crippen LogP contribution in [0, 0.1) is 0 Å². The number of aliphatic carboxylic acids is 1. The molecule has 2 atom stereocenters. The number of carboxylic acids is 1. The van der Waals surface area contributed by atoms with Crippen LogP contribution in [0.3, 0.4) is 0 Å². The predicted molar refractivity (Wildman–Crippen MR) is 90.3 cm³/mol. The van der Waals surface area contributed by atoms with Gasteiger partial charge in [0.25, 0.3) is 0 Å². The van der Waals surface area contributed by atoms with Gasteiger partial charge in [-0.05, 0) is 37.6 Å². The van der Waals surface area contributed by atoms with Crippen LogP contribution >= 0.6 is 11.6 Å². The highest BCUT2D eigenvalue weighted by atomic mass is 35.5. The molecule has 134 valence electrons. The highest BCUT2D eigenvalue weighted by Crippen LogP contribution is 2.14. The number of carbonyl (C=O) groups excluding carboxylic acids is 1. The van der Waals surface area contributed by atoms with E-state index in [-0.39, 0.29) is 11.3 Å². The normalized spacial score (nSPS) is 14.0. The van der Waals surface area contributed by atoms with Crippen molar-refractivity contribution in [1.29, 1.82) is 0 Å². The van der Waals surface area contributed by atoms with E-state index in [9.17, 15) is 18.0 Å². The SMILES string of the molecule is CCCC[C@H](NC(=O)C(C)NS(=O)(=O)c1ccc(Cl)cc1)C(=O)O. The Bertz CT molecular complexity index is 676. The first kappa shape index (κ1) is 20.4. The third-order valence-corrected chi connectivity index (χ3v) is 5.12. The van der Waals surface area contributed by atoms with Crippen LogP contribution in [0.4, 0.5) is 0 Å². The second kappa shape index (κ2) is 9.00. The van der Waals surface area contributed by atoms with E-state index >= 15 is 0 Å². The second-order valence-corrected chi connectivity index (χ2v) is 7.49. The van der Waals surface area contributed by atoms with Gasteiger partial charge in [0.1, 0.15) is 6.04 Å². The van der Waals surface area contributed by atoms with Crippen LogP contribution in [0.1, 0.15) is 33.1 Å². The maximum absolute atomic E-state index is 12.2. The molecule has 24 heavy (non-hydrogen) atoms. The molecular weight excluding hydrogens is 356 g/mol. The number of benzene rings is 1. The molecule has 0 aromatic heterocycles. The first-order chi connectivity index (χ1) is 11.2. The lowest BCUT2D eigenvalue weighted by Gasteiger charge is -2.18. The van der Waals surface area contributed by atoms with Gasteiger partial charge in [-0.3, -0.25) is 4.79 Å². The fourth-order valence-corrected chi connectivity index (χ4v) is 3.26. The van der Waals surface area contributed by atoms with Crippen molar-refractivity contribution in [3.63, 3.8) is 0 Å². The summed E-state index contributed by atoms with van der Waals surface area (Å²) in [5, 5.41) is 11.8. The summed E-state index contributed by atoms with van der Waals surface area (Å²) in [5.74, 6) is -1.85. The molecule has 0 heterocycles. The number of amides is 1. The van der Waals surface area contributed by atoms with Crippen LogP contribution in [-0.4, -0.2) is 37.5 Å². The zero-order chi connectivity index (χ0) is 18.3. The summed E-state index contributed by atoms with van der Waals surface area (Å²) in [6.45, 7) is 3.26. The number of carboxylic acid groups (broad SMARTS) is 1. The molecule has 3 N–H and O–H groups in total. The summed E-state index contributed by atoms with van der Waals surface area (Å²) in [4.78, 5) is 23.2. The van der Waals surface area contributed by atoms with E-state index in [1.807, 2.05) is 6.92 Å². The van der Waals surface area contributed by atoms with Crippen molar-refractivity contribution in [2.75, 3.05) is 0 Å². The van der Waals surface area contributed by atoms with Gasteiger partial charge in [-0.2, -0.15) is 4.72 Å². The third-order valence-electron chi connectivity index (χ3n) is 3.31. The summed E-state index contributed by atoms with van der Waals surface area (Å²) in [6, 6.07) is 3.32. The highest BCUT2D eigenvalue weighted by Gasteiger charge is 2.26. The van der Waals surface area contributed by atoms with Gasteiger partial charge in [-0.1, -0.05) is 31.4 Å². The van der Waals surface area contributed by atoms with E-state index in [0.717, 1.165) is 6.42 Å². The molecule has 7 nitrogen and oxygen atoms in total. The maximum atomic E-state index is 12.2. The van der Waals surface area contributed by atoms with Crippen molar-refractivity contribution >= 4 is 33.5 Å². The molecule has 1 aromatic rings. The maximum Gasteiger partial charge on any atom is 0.326 e. The van der Waals surface area contributed by atoms with Gasteiger partial charge in [-0.15, -0.1) is 0 Å². The molecule has 0 bridgehead atoms. The molecular formula is C15H21ClN2O5S. The van der Waals surface area contributed by atoms with E-state index in [0.29, 0.717) is 11.4 Å². The van der Waals surface area contributed by atoms with E-state index in [2.05, 4.69) is 10.0 Å². The first-order valence-corrected chi connectivity index (χ1v) is 9.34. The number of rotatable bonds is 9. The predicted octanol–water partition coefficient (Wildman–Crippen LogP) is 1.77. The summed E-state index contributed by atoms with van der Waals surface area (Å²) in [7, 11) is -3.91. The van der Waals surface area contributed by atoms with Gasteiger partial charge in [0.05, 0.1) is 10.9 Å². The van der Waals surface area contributed by atoms with Crippen molar-refractivity contribution in [1.82, 2.24) is 10.0 Å². The lowest BCUT2D eigenvalue weighted by Crippen LogP contribution is -2.50. The summed E-state index contributed by atoms with van der Waals surface area (Å²) in [5.41, 5.74) is 0. The zero-order valence-electron chi connectivity index (χ0n) is 13.5. The Morgan fingerprint density at radius 1 is 1.25 bits per heavy atom. The second-order valence-electron chi connectivity index (χ2n) is 5.34. The molecule has 0 aliphatic rings. The topological polar surface area (TPSA) is 113 Å². The van der Waals surface area contributed by atoms with Gasteiger partial charge >= 0.3 is 5.97 Å². The van der Waals surface area contributed by atoms with Gasteiger partial charge in [0.15, 0.2) is 0 Å². The van der Waals surface area contributed by atoms with Gasteiger partial charge < -0.3 is 10.4 Å². The highest BCUT2D eigenvalue weighted by molar-refractivity contribution is 7.89. The van der Waals surface area contributed by atoms with E-state index < -0.39 is 34.0 Å². The number of sulfonamides is 1. The summed E-state index contributed by atoms with van der Waals surface area (Å²) >= 11 is 5.71. The Kier molecular flexibility index (Phi) is 7.65. The third kappa shape index (κ3) is 6.10. The average Bonchev–Trinajstić information content (AvgIpc) is 2.50. The standard InChI is InChI=1S/C15H21ClN2O5S/c1-3-4-5-13(15(20)21)17-14(19)10(2)18-24(22,23)12-8-6-11(16)7-9-12/h6-10,13,18H,3-5H2,1-2H3,(H,17,19)(H,20,21)/t10?,13-/m0/s1. The fraction of sp³-hybridized carbons (Fsp3) is 0.467. The first-order valence-electron chi connectivity index (χ1n) is 7.48. The monoisotopic (exact) mass is 376 g/mol. The summed E-state index contributed by atoms with van der Waals surface area (Å²) in [6.07, 6.45) is 1.72. The van der Waals surface area contributed by atoms with Crippen molar-refractivity contribution in [3.8, 4) is 0 Å². The van der Waals surface area contributed by atoms with Crippen LogP contribution < -0.4 is 10.0 Å². The fourth-order valence-electron chi connectivity index (χ4n) is 1.93. The Labute approximate surface area is 146 Å². The minimum absolute atomic E-state index is 0.0349. The lowest BCUT2D eigenvalue weighted by atomic mass is 10.1. The molecule has 0 radical (unpaired) electrons. The molecule has 1 rings (SSSR count). The molecule has 0 saturated carbocycles. The van der Waals surface area contributed by atoms with Crippen molar-refractivity contribution in [3.05, 3.63) is 29.3 Å². The van der Waals surface area contributed by atoms with Crippen LogP contribution in [0.15, 0.2) is 29.2 Å². The Morgan fingerprint density at radius 3 is 2.33 bits per heavy atom. The number of halogens is 1. The van der Waals surface area contributed by atoms with Crippen LogP contribution in [0.5, 0.6) is 0 Å². The number of hydrogen-bond acceptors (Lipinski definition) is 4. The molecule has 1 aromatic carbocycles. The number of nitrogens with one attached hydrogen (secondary N) is 2. The molecule has 0 aliphatic heterocycles. The Hall–Kier alpha value is -1.64. The van der Waals surface area contributed by atoms with Crippen molar-refractivity contribution in [2.24, 2.45) is 0 Å². The van der Waals surface area contributed by atoms with E-state index in [1.54, 1.807) is 0 Å². The quantitative estimate of drug-likeness (QED) is 0.608. The molecule has 9 heteroatoms. The van der Waals surface area contributed by atoms with Gasteiger partial charge in [0.2, 0.25) is 15.9 Å². The van der Waals surface area contributed by atoms with E-state index in [1.165, 1.54) is 31.2 Å². The Morgan fingerprint density at radius 2 is 1.83 bits per heavy atom. The number of carbonyl (C=O) groups is 2. The Balaban J connectivity index is 2.74. The largest absolute Gasteiger partial charge is 0.480 e. The summed E-state index contributed by atoms with van der Waals surface area (Å²) < 4.78 is 26.6. The molecule has 0 saturated heterocycles. The van der Waals surface area contributed by atoms with Gasteiger partial charge in [-0.25, -0.2) is 13.2 Å². The molecule has 0 fully saturated rings. The molecule has 0 spiro atoms. The van der Waals surface area contributed by atoms with Gasteiger partial charge in [0, 0.05) is 5.02 Å². The van der Waals surface area contributed by atoms with Crippen LogP contribution in [-0.2, 0) is 19.6 Å². The molecule has 1 amide bonds. The van der Waals surface area contributed by atoms with Crippen molar-refractivity contribution in [2.45, 2.75) is 50.1 Å². The van der Waals surface area contributed by atoms with E-state index in [4.69, 9.17) is 16.7 Å². The molecule has 0 aliphatic carbocycles.